The van der Waals surface area contributed by atoms with Gasteiger partial charge in [0.15, 0.2) is 0 Å². The Morgan fingerprint density at radius 2 is 1.56 bits per heavy atom. The van der Waals surface area contributed by atoms with E-state index in [1.807, 2.05) is 11.9 Å². The normalized spacial score (nSPS) is 19.8. The van der Waals surface area contributed by atoms with Crippen LogP contribution in [0, 0.1) is 0 Å². The lowest BCUT2D eigenvalue weighted by Crippen LogP contribution is -2.26. The summed E-state index contributed by atoms with van der Waals surface area (Å²) in [4.78, 5) is 0. The van der Waals surface area contributed by atoms with E-state index in [2.05, 4.69) is 65.0 Å². The first-order valence-corrected chi connectivity index (χ1v) is 7.41. The van der Waals surface area contributed by atoms with E-state index in [4.69, 9.17) is 0 Å². The summed E-state index contributed by atoms with van der Waals surface area (Å²) in [6.45, 7) is 0. The first kappa shape index (κ1) is 11.7. The van der Waals surface area contributed by atoms with Crippen molar-refractivity contribution in [1.82, 2.24) is 0 Å². The molecule has 1 atom stereocenters. The summed E-state index contributed by atoms with van der Waals surface area (Å²) in [7, 11) is 0. The van der Waals surface area contributed by atoms with E-state index in [1.54, 1.807) is 0 Å². The molecular weight excluding hydrogens is 238 g/mol. The van der Waals surface area contributed by atoms with E-state index < -0.39 is 0 Å². The molecule has 2 aromatic carbocycles. The maximum absolute atomic E-state index is 2.47. The highest BCUT2D eigenvalue weighted by atomic mass is 32.2. The van der Waals surface area contributed by atoms with Gasteiger partial charge in [-0.25, -0.2) is 0 Å². The molecule has 0 amide bonds. The quantitative estimate of drug-likeness (QED) is 0.717. The molecule has 1 aliphatic heterocycles. The van der Waals surface area contributed by atoms with Crippen molar-refractivity contribution in [1.29, 1.82) is 0 Å². The number of anilines is 1. The SMILES string of the molecule is c1ccc(C2CCCSN2c2ccccc2)cc1. The minimum atomic E-state index is 0.507. The minimum absolute atomic E-state index is 0.507. The molecule has 18 heavy (non-hydrogen) atoms. The first-order valence-electron chi connectivity index (χ1n) is 6.47. The van der Waals surface area contributed by atoms with Crippen LogP contribution in [0.1, 0.15) is 24.4 Å². The second kappa shape index (κ2) is 5.49. The lowest BCUT2D eigenvalue weighted by Gasteiger charge is -2.36. The first-order chi connectivity index (χ1) is 8.95. The maximum Gasteiger partial charge on any atom is 0.0656 e. The molecule has 3 rings (SSSR count). The summed E-state index contributed by atoms with van der Waals surface area (Å²) < 4.78 is 2.47. The highest BCUT2D eigenvalue weighted by Crippen LogP contribution is 2.40. The van der Waals surface area contributed by atoms with Crippen LogP contribution in [-0.2, 0) is 0 Å². The van der Waals surface area contributed by atoms with Crippen LogP contribution in [0.15, 0.2) is 60.7 Å². The monoisotopic (exact) mass is 255 g/mol. The number of rotatable bonds is 2. The van der Waals surface area contributed by atoms with Crippen LogP contribution in [-0.4, -0.2) is 5.75 Å². The Morgan fingerprint density at radius 1 is 0.889 bits per heavy atom. The summed E-state index contributed by atoms with van der Waals surface area (Å²) in [5.74, 6) is 1.22. The lowest BCUT2D eigenvalue weighted by atomic mass is 10.0. The topological polar surface area (TPSA) is 3.24 Å². The van der Waals surface area contributed by atoms with Crippen LogP contribution in [0.5, 0.6) is 0 Å². The number of hydrogen-bond donors (Lipinski definition) is 0. The van der Waals surface area contributed by atoms with Crippen molar-refractivity contribution in [3.63, 3.8) is 0 Å². The summed E-state index contributed by atoms with van der Waals surface area (Å²) in [6, 6.07) is 22.1. The fourth-order valence-corrected chi connectivity index (χ4v) is 3.62. The van der Waals surface area contributed by atoms with E-state index in [-0.39, 0.29) is 0 Å². The third kappa shape index (κ3) is 2.39. The third-order valence-electron chi connectivity index (χ3n) is 3.33. The number of para-hydroxylation sites is 1. The van der Waals surface area contributed by atoms with Gasteiger partial charge in [0.25, 0.3) is 0 Å². The van der Waals surface area contributed by atoms with Crippen molar-refractivity contribution in [2.45, 2.75) is 18.9 Å². The van der Waals surface area contributed by atoms with E-state index in [1.165, 1.54) is 29.8 Å². The van der Waals surface area contributed by atoms with Crippen molar-refractivity contribution in [2.75, 3.05) is 10.1 Å². The molecule has 0 N–H and O–H groups in total. The van der Waals surface area contributed by atoms with Gasteiger partial charge in [0.1, 0.15) is 0 Å². The second-order valence-electron chi connectivity index (χ2n) is 4.56. The molecule has 0 radical (unpaired) electrons. The molecular formula is C16H17NS. The van der Waals surface area contributed by atoms with Crippen molar-refractivity contribution >= 4 is 17.6 Å². The molecule has 1 heterocycles. The molecule has 92 valence electrons. The molecule has 1 nitrogen and oxygen atoms in total. The minimum Gasteiger partial charge on any atom is -0.309 e. The Balaban J connectivity index is 1.92. The fraction of sp³-hybridized carbons (Fsp3) is 0.250. The zero-order valence-electron chi connectivity index (χ0n) is 10.3. The molecule has 2 aromatic rings. The molecule has 0 aliphatic carbocycles. The summed E-state index contributed by atoms with van der Waals surface area (Å²) in [5.41, 5.74) is 2.74. The Labute approximate surface area is 113 Å². The van der Waals surface area contributed by atoms with Gasteiger partial charge in [0.2, 0.25) is 0 Å². The van der Waals surface area contributed by atoms with Gasteiger partial charge in [0.05, 0.1) is 6.04 Å². The average molecular weight is 255 g/mol. The Bertz CT molecular complexity index is 435. The van der Waals surface area contributed by atoms with Crippen LogP contribution in [0.4, 0.5) is 5.69 Å². The van der Waals surface area contributed by atoms with Crippen LogP contribution in [0.3, 0.4) is 0 Å². The number of benzene rings is 2. The highest BCUT2D eigenvalue weighted by molar-refractivity contribution is 8.00. The Hall–Kier alpha value is -1.41. The summed E-state index contributed by atoms with van der Waals surface area (Å²) in [6.07, 6.45) is 2.54. The Kier molecular flexibility index (Phi) is 3.56. The fourth-order valence-electron chi connectivity index (χ4n) is 2.45. The van der Waals surface area contributed by atoms with E-state index in [9.17, 15) is 0 Å². The van der Waals surface area contributed by atoms with Crippen LogP contribution in [0.25, 0.3) is 0 Å². The number of nitrogens with zero attached hydrogens (tertiary/aromatic N) is 1. The van der Waals surface area contributed by atoms with E-state index >= 15 is 0 Å². The van der Waals surface area contributed by atoms with Crippen molar-refractivity contribution < 1.29 is 0 Å². The molecule has 1 saturated heterocycles. The van der Waals surface area contributed by atoms with Crippen molar-refractivity contribution in [2.24, 2.45) is 0 Å². The van der Waals surface area contributed by atoms with Gasteiger partial charge >= 0.3 is 0 Å². The largest absolute Gasteiger partial charge is 0.309 e. The molecule has 0 bridgehead atoms. The van der Waals surface area contributed by atoms with Gasteiger partial charge in [-0.1, -0.05) is 48.5 Å². The average Bonchev–Trinajstić information content (AvgIpc) is 2.49. The standard InChI is InChI=1S/C16H17NS/c1-3-8-14(9-4-1)16-12-7-13-18-17(16)15-10-5-2-6-11-15/h1-6,8-11,16H,7,12-13H2. The second-order valence-corrected chi connectivity index (χ2v) is 5.62. The summed E-state index contributed by atoms with van der Waals surface area (Å²) in [5, 5.41) is 0. The smallest absolute Gasteiger partial charge is 0.0656 e. The van der Waals surface area contributed by atoms with Gasteiger partial charge in [-0.15, -0.1) is 0 Å². The molecule has 1 aliphatic rings. The predicted octanol–water partition coefficient (Wildman–Crippen LogP) is 4.68. The molecule has 1 fully saturated rings. The lowest BCUT2D eigenvalue weighted by molar-refractivity contribution is 0.630. The van der Waals surface area contributed by atoms with Gasteiger partial charge in [-0.2, -0.15) is 0 Å². The van der Waals surface area contributed by atoms with Gasteiger partial charge < -0.3 is 4.31 Å². The summed E-state index contributed by atoms with van der Waals surface area (Å²) >= 11 is 1.95. The van der Waals surface area contributed by atoms with Crippen molar-refractivity contribution in [3.05, 3.63) is 66.2 Å². The Morgan fingerprint density at radius 3 is 2.28 bits per heavy atom. The van der Waals surface area contributed by atoms with Gasteiger partial charge in [-0.05, 0) is 42.5 Å². The van der Waals surface area contributed by atoms with Crippen molar-refractivity contribution in [3.8, 4) is 0 Å². The molecule has 0 saturated carbocycles. The van der Waals surface area contributed by atoms with Gasteiger partial charge in [-0.3, -0.25) is 0 Å². The van der Waals surface area contributed by atoms with Crippen LogP contribution < -0.4 is 4.31 Å². The van der Waals surface area contributed by atoms with Crippen LogP contribution in [0.2, 0.25) is 0 Å². The molecule has 1 unspecified atom stereocenters. The van der Waals surface area contributed by atoms with E-state index in [0.717, 1.165) is 0 Å². The molecule has 2 heteroatoms. The third-order valence-corrected chi connectivity index (χ3v) is 4.55. The van der Waals surface area contributed by atoms with E-state index in [0.29, 0.717) is 6.04 Å². The highest BCUT2D eigenvalue weighted by Gasteiger charge is 2.24. The zero-order chi connectivity index (χ0) is 12.2. The maximum atomic E-state index is 2.47. The van der Waals surface area contributed by atoms with Gasteiger partial charge in [0, 0.05) is 11.4 Å². The van der Waals surface area contributed by atoms with Crippen LogP contribution >= 0.6 is 11.9 Å². The number of hydrogen-bond acceptors (Lipinski definition) is 2. The molecule has 0 aromatic heterocycles. The predicted molar refractivity (Wildman–Crippen MR) is 79.8 cm³/mol. The molecule has 0 spiro atoms. The zero-order valence-corrected chi connectivity index (χ0v) is 11.1.